The number of alkyl halides is 3. The van der Waals surface area contributed by atoms with Gasteiger partial charge >= 0.3 is 12.3 Å². The molecule has 0 spiro atoms. The van der Waals surface area contributed by atoms with Crippen LogP contribution in [0.4, 0.5) is 23.7 Å². The predicted molar refractivity (Wildman–Crippen MR) is 85.9 cm³/mol. The van der Waals surface area contributed by atoms with Crippen molar-refractivity contribution in [2.75, 3.05) is 11.9 Å². The van der Waals surface area contributed by atoms with Crippen LogP contribution < -0.4 is 5.32 Å². The molecule has 0 aliphatic heterocycles. The summed E-state index contributed by atoms with van der Waals surface area (Å²) in [5.74, 6) is 0. The molecule has 0 radical (unpaired) electrons. The molecule has 1 aromatic rings. The fraction of sp³-hybridized carbons (Fsp3) is 0.588. The van der Waals surface area contributed by atoms with Crippen molar-refractivity contribution in [2.24, 2.45) is 5.41 Å². The summed E-state index contributed by atoms with van der Waals surface area (Å²) in [5, 5.41) is 11.8. The van der Waals surface area contributed by atoms with E-state index < -0.39 is 28.8 Å². The molecule has 24 heavy (non-hydrogen) atoms. The summed E-state index contributed by atoms with van der Waals surface area (Å²) >= 11 is 0. The van der Waals surface area contributed by atoms with Crippen molar-refractivity contribution in [1.82, 2.24) is 0 Å². The number of benzene rings is 1. The van der Waals surface area contributed by atoms with Crippen molar-refractivity contribution in [3.05, 3.63) is 29.3 Å². The molecule has 7 heteroatoms. The first-order chi connectivity index (χ1) is 10.7. The molecule has 0 aromatic heterocycles. The number of aliphatic hydroxyl groups excluding tert-OH is 1. The van der Waals surface area contributed by atoms with Gasteiger partial charge in [-0.1, -0.05) is 19.9 Å². The molecule has 0 bridgehead atoms. The average Bonchev–Trinajstić information content (AvgIpc) is 2.37. The van der Waals surface area contributed by atoms with Crippen molar-refractivity contribution < 1.29 is 27.8 Å². The first-order valence-corrected chi connectivity index (χ1v) is 7.54. The summed E-state index contributed by atoms with van der Waals surface area (Å²) in [6.07, 6.45) is -5.05. The van der Waals surface area contributed by atoms with Crippen molar-refractivity contribution in [3.8, 4) is 0 Å². The van der Waals surface area contributed by atoms with Gasteiger partial charge in [0, 0.05) is 12.3 Å². The molecule has 0 heterocycles. The molecule has 1 rings (SSSR count). The van der Waals surface area contributed by atoms with Crippen LogP contribution in [0.15, 0.2) is 18.2 Å². The number of anilines is 1. The zero-order valence-electron chi connectivity index (χ0n) is 14.5. The van der Waals surface area contributed by atoms with Gasteiger partial charge in [-0.25, -0.2) is 4.79 Å². The Morgan fingerprint density at radius 1 is 1.17 bits per heavy atom. The molecule has 0 fully saturated rings. The summed E-state index contributed by atoms with van der Waals surface area (Å²) in [6, 6.07) is 3.16. The Bertz CT molecular complexity index is 590. The minimum Gasteiger partial charge on any atom is -0.444 e. The fourth-order valence-electron chi connectivity index (χ4n) is 2.01. The Kier molecular flexibility index (Phi) is 5.92. The number of hydrogen-bond acceptors (Lipinski definition) is 3. The molecule has 1 amide bonds. The van der Waals surface area contributed by atoms with Gasteiger partial charge in [-0.15, -0.1) is 0 Å². The van der Waals surface area contributed by atoms with Gasteiger partial charge in [0.1, 0.15) is 5.60 Å². The third-order valence-corrected chi connectivity index (χ3v) is 3.17. The SMILES string of the molecule is CC(C)(CO)Cc1ccc(C(F)(F)F)cc1NC(=O)OC(C)(C)C. The number of carbonyl (C=O) groups is 1. The van der Waals surface area contributed by atoms with Crippen LogP contribution >= 0.6 is 0 Å². The van der Waals surface area contributed by atoms with Gasteiger partial charge < -0.3 is 9.84 Å². The molecular weight excluding hydrogens is 323 g/mol. The lowest BCUT2D eigenvalue weighted by molar-refractivity contribution is -0.137. The zero-order valence-corrected chi connectivity index (χ0v) is 14.5. The minimum atomic E-state index is -4.52. The highest BCUT2D eigenvalue weighted by molar-refractivity contribution is 5.86. The summed E-state index contributed by atoms with van der Waals surface area (Å²) < 4.78 is 43.9. The topological polar surface area (TPSA) is 58.6 Å². The van der Waals surface area contributed by atoms with Crippen LogP contribution in [0.5, 0.6) is 0 Å². The highest BCUT2D eigenvalue weighted by atomic mass is 19.4. The third-order valence-electron chi connectivity index (χ3n) is 3.17. The molecule has 2 N–H and O–H groups in total. The molecular formula is C17H24F3NO3. The van der Waals surface area contributed by atoms with Crippen LogP contribution in [0, 0.1) is 5.41 Å². The van der Waals surface area contributed by atoms with Crippen LogP contribution in [0.1, 0.15) is 45.7 Å². The molecule has 0 atom stereocenters. The highest BCUT2D eigenvalue weighted by Crippen LogP contribution is 2.34. The summed E-state index contributed by atoms with van der Waals surface area (Å²) in [5.41, 5.74) is -1.65. The minimum absolute atomic E-state index is 0.0283. The molecule has 0 aliphatic rings. The Morgan fingerprint density at radius 2 is 1.75 bits per heavy atom. The standard InChI is InChI=1S/C17H24F3NO3/c1-15(2,3)24-14(23)21-13-8-12(17(18,19)20)7-6-11(13)9-16(4,5)10-22/h6-8,22H,9-10H2,1-5H3,(H,21,23). The molecule has 0 saturated heterocycles. The Hall–Kier alpha value is -1.76. The molecule has 4 nitrogen and oxygen atoms in total. The number of hydrogen-bond donors (Lipinski definition) is 2. The monoisotopic (exact) mass is 347 g/mol. The van der Waals surface area contributed by atoms with E-state index in [9.17, 15) is 23.1 Å². The molecule has 0 aliphatic carbocycles. The van der Waals surface area contributed by atoms with Crippen LogP contribution in [-0.4, -0.2) is 23.4 Å². The molecule has 136 valence electrons. The predicted octanol–water partition coefficient (Wildman–Crippen LogP) is 4.61. The summed E-state index contributed by atoms with van der Waals surface area (Å²) in [6.45, 7) is 8.40. The lowest BCUT2D eigenvalue weighted by Gasteiger charge is -2.25. The van der Waals surface area contributed by atoms with E-state index in [0.29, 0.717) is 12.0 Å². The summed E-state index contributed by atoms with van der Waals surface area (Å²) in [4.78, 5) is 11.9. The third kappa shape index (κ3) is 6.39. The quantitative estimate of drug-likeness (QED) is 0.836. The number of amides is 1. The molecule has 0 saturated carbocycles. The largest absolute Gasteiger partial charge is 0.444 e. The van der Waals surface area contributed by atoms with Gasteiger partial charge in [-0.2, -0.15) is 13.2 Å². The van der Waals surface area contributed by atoms with E-state index in [1.54, 1.807) is 34.6 Å². The van der Waals surface area contributed by atoms with Crippen molar-refractivity contribution in [1.29, 1.82) is 0 Å². The van der Waals surface area contributed by atoms with Gasteiger partial charge in [0.05, 0.1) is 5.56 Å². The van der Waals surface area contributed by atoms with E-state index in [4.69, 9.17) is 4.74 Å². The first kappa shape index (κ1) is 20.3. The van der Waals surface area contributed by atoms with Crippen LogP contribution in [-0.2, 0) is 17.3 Å². The lowest BCUT2D eigenvalue weighted by atomic mass is 9.86. The van der Waals surface area contributed by atoms with Gasteiger partial charge in [0.15, 0.2) is 0 Å². The van der Waals surface area contributed by atoms with Gasteiger partial charge in [0.2, 0.25) is 0 Å². The number of nitrogens with one attached hydrogen (secondary N) is 1. The van der Waals surface area contributed by atoms with E-state index >= 15 is 0 Å². The number of rotatable bonds is 4. The van der Waals surface area contributed by atoms with Crippen molar-refractivity contribution >= 4 is 11.8 Å². The number of aliphatic hydroxyl groups is 1. The zero-order chi connectivity index (χ0) is 18.8. The number of carbonyl (C=O) groups excluding carboxylic acids is 1. The number of ether oxygens (including phenoxy) is 1. The highest BCUT2D eigenvalue weighted by Gasteiger charge is 2.32. The molecule has 1 aromatic carbocycles. The summed E-state index contributed by atoms with van der Waals surface area (Å²) in [7, 11) is 0. The van der Waals surface area contributed by atoms with Gasteiger partial charge in [-0.05, 0) is 50.3 Å². The normalized spacial score (nSPS) is 12.9. The molecule has 0 unspecified atom stereocenters. The second-order valence-corrected chi connectivity index (χ2v) is 7.50. The second-order valence-electron chi connectivity index (χ2n) is 7.50. The van der Waals surface area contributed by atoms with Crippen molar-refractivity contribution in [2.45, 2.75) is 52.8 Å². The first-order valence-electron chi connectivity index (χ1n) is 7.54. The Morgan fingerprint density at radius 3 is 2.21 bits per heavy atom. The van der Waals surface area contributed by atoms with Gasteiger partial charge in [0.25, 0.3) is 0 Å². The maximum atomic E-state index is 12.9. The average molecular weight is 347 g/mol. The van der Waals surface area contributed by atoms with E-state index in [2.05, 4.69) is 5.32 Å². The maximum absolute atomic E-state index is 12.9. The maximum Gasteiger partial charge on any atom is 0.416 e. The Balaban J connectivity index is 3.17. The van der Waals surface area contributed by atoms with Crippen LogP contribution in [0.25, 0.3) is 0 Å². The second kappa shape index (κ2) is 7.01. The van der Waals surface area contributed by atoms with E-state index in [0.717, 1.165) is 12.1 Å². The lowest BCUT2D eigenvalue weighted by Crippen LogP contribution is -2.28. The Labute approximate surface area is 140 Å². The van der Waals surface area contributed by atoms with E-state index in [1.165, 1.54) is 6.07 Å². The van der Waals surface area contributed by atoms with E-state index in [-0.39, 0.29) is 12.3 Å². The van der Waals surface area contributed by atoms with Gasteiger partial charge in [-0.3, -0.25) is 5.32 Å². The van der Waals surface area contributed by atoms with Crippen molar-refractivity contribution in [3.63, 3.8) is 0 Å². The smallest absolute Gasteiger partial charge is 0.416 e. The fourth-order valence-corrected chi connectivity index (χ4v) is 2.01. The van der Waals surface area contributed by atoms with Crippen LogP contribution in [0.2, 0.25) is 0 Å². The van der Waals surface area contributed by atoms with E-state index in [1.807, 2.05) is 0 Å². The van der Waals surface area contributed by atoms with Crippen LogP contribution in [0.3, 0.4) is 0 Å². The number of halogens is 3.